The molecule has 2 bridgehead atoms. The van der Waals surface area contributed by atoms with Gasteiger partial charge >= 0.3 is 10.8 Å². The monoisotopic (exact) mass is 566 g/mol. The molecule has 2 aliphatic carbocycles. The molecule has 1 aromatic carbocycles. The molecule has 36 heavy (non-hydrogen) atoms. The number of thioether (sulfide) groups is 1. The second-order valence-electron chi connectivity index (χ2n) is 10.1. The number of aliphatic carboxylic acids is 1. The molecule has 0 radical (unpaired) electrons. The van der Waals surface area contributed by atoms with Gasteiger partial charge in [0.15, 0.2) is 0 Å². The summed E-state index contributed by atoms with van der Waals surface area (Å²) in [6.07, 6.45) is 2.72. The molecule has 7 atom stereocenters. The molecule has 0 spiro atoms. The third-order valence-corrected chi connectivity index (χ3v) is 11.8. The minimum absolute atomic E-state index is 0.0244. The van der Waals surface area contributed by atoms with Gasteiger partial charge < -0.3 is 10.1 Å². The van der Waals surface area contributed by atoms with Gasteiger partial charge in [-0.15, -0.1) is 11.8 Å². The maximum Gasteiger partial charge on any atom is 0.305 e. The number of hydrogen-bond acceptors (Lipinski definition) is 6. The first-order valence-corrected chi connectivity index (χ1v) is 14.6. The van der Waals surface area contributed by atoms with Gasteiger partial charge in [0, 0.05) is 29.0 Å². The third-order valence-electron chi connectivity index (χ3n) is 8.40. The van der Waals surface area contributed by atoms with Crippen LogP contribution in [0.4, 0.5) is 0 Å². The Hall–Kier alpha value is -1.81. The molecular weight excluding hydrogens is 543 g/mol. The summed E-state index contributed by atoms with van der Waals surface area (Å²) in [7, 11) is 0. The summed E-state index contributed by atoms with van der Waals surface area (Å²) in [6, 6.07) is 5.56. The normalized spacial score (nSPS) is 32.1. The van der Waals surface area contributed by atoms with Crippen molar-refractivity contribution in [1.82, 2.24) is 9.88 Å². The number of aromatic nitrogens is 1. The van der Waals surface area contributed by atoms with Crippen LogP contribution in [-0.2, 0) is 14.4 Å². The number of unbranched alkanes of at least 4 members (excludes halogenated alkanes) is 2. The van der Waals surface area contributed by atoms with Crippen molar-refractivity contribution in [3.8, 4) is 0 Å². The molecule has 3 fully saturated rings. The summed E-state index contributed by atoms with van der Waals surface area (Å²) in [5.74, 6) is -1.69. The number of rotatable bonds is 7. The summed E-state index contributed by atoms with van der Waals surface area (Å²) in [5, 5.41) is 10.7. The van der Waals surface area contributed by atoms with Gasteiger partial charge in [-0.3, -0.25) is 24.1 Å². The Morgan fingerprint density at radius 2 is 1.83 bits per heavy atom. The van der Waals surface area contributed by atoms with Gasteiger partial charge in [-0.1, -0.05) is 53.1 Å². The van der Waals surface area contributed by atoms with Crippen LogP contribution in [0.25, 0.3) is 0 Å². The first-order valence-electron chi connectivity index (χ1n) is 12.2. The number of aromatic amines is 1. The topological polar surface area (TPSA) is 108 Å². The lowest BCUT2D eigenvalue weighted by Crippen LogP contribution is -2.42. The van der Waals surface area contributed by atoms with Gasteiger partial charge in [-0.2, -0.15) is 0 Å². The van der Waals surface area contributed by atoms with Crippen molar-refractivity contribution >= 4 is 64.1 Å². The molecule has 3 heterocycles. The number of benzene rings is 1. The Kier molecular flexibility index (Phi) is 6.26. The van der Waals surface area contributed by atoms with Crippen molar-refractivity contribution in [2.75, 3.05) is 6.54 Å². The van der Waals surface area contributed by atoms with E-state index in [1.165, 1.54) is 16.2 Å². The predicted molar refractivity (Wildman–Crippen MR) is 138 cm³/mol. The van der Waals surface area contributed by atoms with Gasteiger partial charge in [0.1, 0.15) is 0 Å². The van der Waals surface area contributed by atoms with Crippen molar-refractivity contribution in [1.29, 1.82) is 0 Å². The largest absolute Gasteiger partial charge is 0.481 e. The summed E-state index contributed by atoms with van der Waals surface area (Å²) >= 11 is 15.9. The first kappa shape index (κ1) is 24.5. The van der Waals surface area contributed by atoms with E-state index in [1.807, 2.05) is 12.1 Å². The maximum atomic E-state index is 13.6. The molecule has 7 unspecified atom stereocenters. The van der Waals surface area contributed by atoms with Crippen molar-refractivity contribution in [3.63, 3.8) is 0 Å². The highest BCUT2D eigenvalue weighted by atomic mass is 35.5. The van der Waals surface area contributed by atoms with E-state index in [4.69, 9.17) is 28.3 Å². The van der Waals surface area contributed by atoms with E-state index in [2.05, 4.69) is 4.98 Å². The van der Waals surface area contributed by atoms with Gasteiger partial charge in [0.2, 0.25) is 11.8 Å². The number of amides is 2. The van der Waals surface area contributed by atoms with Crippen LogP contribution in [0.2, 0.25) is 10.0 Å². The van der Waals surface area contributed by atoms with Crippen LogP contribution in [0, 0.1) is 29.6 Å². The van der Waals surface area contributed by atoms with E-state index in [0.29, 0.717) is 35.9 Å². The molecule has 2 N–H and O–H groups in total. The fraction of sp³-hybridized carbons (Fsp3) is 0.520. The van der Waals surface area contributed by atoms with Crippen molar-refractivity contribution in [2.45, 2.75) is 48.3 Å². The van der Waals surface area contributed by atoms with Crippen LogP contribution in [0.3, 0.4) is 0 Å². The SMILES string of the molecule is O=C(O)CCCCCN1C(=O)C2C3CC(C2C1=O)C1C(c2cccc(Cl)c2Cl)c2sc(=O)[nH]c2SC31. The molecule has 1 saturated heterocycles. The van der Waals surface area contributed by atoms with Crippen molar-refractivity contribution < 1.29 is 19.5 Å². The molecule has 1 aromatic heterocycles. The lowest BCUT2D eigenvalue weighted by atomic mass is 9.68. The van der Waals surface area contributed by atoms with Gasteiger partial charge in [-0.25, -0.2) is 0 Å². The molecule has 6 rings (SSSR count). The second kappa shape index (κ2) is 9.19. The van der Waals surface area contributed by atoms with Crippen LogP contribution in [-0.4, -0.2) is 44.6 Å². The third kappa shape index (κ3) is 3.68. The number of nitrogens with zero attached hydrogens (tertiary/aromatic N) is 1. The van der Waals surface area contributed by atoms with Crippen LogP contribution in [0.1, 0.15) is 48.5 Å². The molecule has 7 nitrogen and oxygen atoms in total. The number of likely N-dealkylation sites (tertiary alicyclic amines) is 1. The molecule has 4 aliphatic rings. The molecule has 2 amide bonds. The highest BCUT2D eigenvalue weighted by Gasteiger charge is 2.69. The van der Waals surface area contributed by atoms with E-state index in [1.54, 1.807) is 17.8 Å². The average Bonchev–Trinajstić information content (AvgIpc) is 3.56. The Morgan fingerprint density at radius 3 is 2.58 bits per heavy atom. The zero-order valence-electron chi connectivity index (χ0n) is 19.1. The highest BCUT2D eigenvalue weighted by molar-refractivity contribution is 8.00. The lowest BCUT2D eigenvalue weighted by molar-refractivity contribution is -0.141. The number of H-pyrrole nitrogens is 1. The summed E-state index contributed by atoms with van der Waals surface area (Å²) in [6.45, 7) is 0.344. The number of carbonyl (C=O) groups excluding carboxylic acids is 2. The molecule has 11 heteroatoms. The summed E-state index contributed by atoms with van der Waals surface area (Å²) in [4.78, 5) is 55.3. The van der Waals surface area contributed by atoms with E-state index in [0.717, 1.165) is 21.9 Å². The Balaban J connectivity index is 1.31. The van der Waals surface area contributed by atoms with Crippen LogP contribution < -0.4 is 4.87 Å². The Morgan fingerprint density at radius 1 is 1.08 bits per heavy atom. The summed E-state index contributed by atoms with van der Waals surface area (Å²) in [5.41, 5.74) is 0.868. The van der Waals surface area contributed by atoms with Crippen LogP contribution in [0.5, 0.6) is 0 Å². The van der Waals surface area contributed by atoms with Gasteiger partial charge in [-0.05, 0) is 48.6 Å². The fourth-order valence-electron chi connectivity index (χ4n) is 7.13. The standard InChI is InChI=1S/C25H24Cl2N2O5S2/c26-13-6-4-5-10(19(13)27)15-16-11-9-12(20(16)35-22-21(15)36-25(34)28-22)18-17(11)23(32)29(24(18)33)8-3-1-2-7-14(30)31/h4-6,11-12,15-18,20H,1-3,7-9H2,(H,28,34)(H,30,31). The molecular formula is C25H24Cl2N2O5S2. The average molecular weight is 568 g/mol. The molecule has 2 saturated carbocycles. The number of halogens is 2. The molecule has 2 aliphatic heterocycles. The van der Waals surface area contributed by atoms with E-state index in [-0.39, 0.29) is 63.9 Å². The number of nitrogens with one attached hydrogen (secondary N) is 1. The Bertz CT molecular complexity index is 1330. The number of carboxylic acids is 1. The van der Waals surface area contributed by atoms with E-state index in [9.17, 15) is 19.2 Å². The smallest absolute Gasteiger partial charge is 0.305 e. The number of imide groups is 1. The van der Waals surface area contributed by atoms with E-state index >= 15 is 0 Å². The summed E-state index contributed by atoms with van der Waals surface area (Å²) < 4.78 is 0. The first-order chi connectivity index (χ1) is 17.3. The minimum atomic E-state index is -0.834. The predicted octanol–water partition coefficient (Wildman–Crippen LogP) is 4.86. The second-order valence-corrected chi connectivity index (χ2v) is 13.1. The number of hydrogen-bond donors (Lipinski definition) is 2. The zero-order valence-corrected chi connectivity index (χ0v) is 22.3. The van der Waals surface area contributed by atoms with Crippen LogP contribution >= 0.6 is 46.3 Å². The van der Waals surface area contributed by atoms with Gasteiger partial charge in [0.25, 0.3) is 0 Å². The lowest BCUT2D eigenvalue weighted by Gasteiger charge is -2.43. The maximum absolute atomic E-state index is 13.6. The fourth-order valence-corrected chi connectivity index (χ4v) is 10.4. The van der Waals surface area contributed by atoms with Crippen molar-refractivity contribution in [2.24, 2.45) is 29.6 Å². The van der Waals surface area contributed by atoms with E-state index < -0.39 is 5.97 Å². The minimum Gasteiger partial charge on any atom is -0.481 e. The van der Waals surface area contributed by atoms with Crippen LogP contribution in [0.15, 0.2) is 28.0 Å². The molecule has 2 aromatic rings. The van der Waals surface area contributed by atoms with Gasteiger partial charge in [0.05, 0.1) is 26.9 Å². The molecule has 190 valence electrons. The quantitative estimate of drug-likeness (QED) is 0.366. The number of fused-ring (bicyclic) bond motifs is 9. The number of carboxylic acid groups (broad SMARTS) is 1. The number of thiazole rings is 1. The highest BCUT2D eigenvalue weighted by Crippen LogP contribution is 2.68. The zero-order chi connectivity index (χ0) is 25.3. The Labute approximate surface area is 225 Å². The van der Waals surface area contributed by atoms with Crippen molar-refractivity contribution in [3.05, 3.63) is 48.4 Å². The number of carbonyl (C=O) groups is 3.